The Balaban J connectivity index is 1.69. The van der Waals surface area contributed by atoms with Gasteiger partial charge in [-0.3, -0.25) is 0 Å². The van der Waals surface area contributed by atoms with Crippen molar-refractivity contribution in [2.24, 2.45) is 17.8 Å². The summed E-state index contributed by atoms with van der Waals surface area (Å²) >= 11 is 0. The number of aliphatic hydroxyl groups excluding tert-OH is 5. The Kier molecular flexibility index (Phi) is 6.35. The summed E-state index contributed by atoms with van der Waals surface area (Å²) in [5.74, 6) is -4.15. The maximum absolute atomic E-state index is 12.4. The van der Waals surface area contributed by atoms with Crippen LogP contribution in [-0.4, -0.2) is 94.0 Å². The van der Waals surface area contributed by atoms with Crippen molar-refractivity contribution in [3.05, 3.63) is 35.6 Å². The zero-order valence-electron chi connectivity index (χ0n) is 17.8. The Morgan fingerprint density at radius 1 is 1.24 bits per heavy atom. The average Bonchev–Trinajstić information content (AvgIpc) is 3.32. The van der Waals surface area contributed by atoms with Gasteiger partial charge in [-0.25, -0.2) is 9.59 Å². The number of aliphatic hydroxyl groups is 5. The lowest BCUT2D eigenvalue weighted by atomic mass is 9.78. The molecule has 3 heterocycles. The smallest absolute Gasteiger partial charge is 0.337 e. The van der Waals surface area contributed by atoms with E-state index in [0.29, 0.717) is 0 Å². The van der Waals surface area contributed by atoms with E-state index in [1.807, 2.05) is 0 Å². The van der Waals surface area contributed by atoms with Crippen LogP contribution < -0.4 is 0 Å². The van der Waals surface area contributed by atoms with E-state index in [1.54, 1.807) is 12.2 Å². The SMILES string of the molecule is COC(=O)C1=CO[C@@H](O[C@@H]2O[C@@H](O)[C@@H](O)[C@@H](O)[C@H]2CO)[C@H]2[C@@H]1C=C[C@]21C=C([C@H](C)O)C(=O)O1. The predicted octanol–water partition coefficient (Wildman–Crippen LogP) is -2.17. The van der Waals surface area contributed by atoms with Crippen molar-refractivity contribution in [3.8, 4) is 0 Å². The first kappa shape index (κ1) is 23.8. The fourth-order valence-electron chi connectivity index (χ4n) is 4.62. The van der Waals surface area contributed by atoms with Crippen LogP contribution in [0.1, 0.15) is 6.92 Å². The molecule has 0 amide bonds. The number of hydrogen-bond acceptors (Lipinski definition) is 12. The molecule has 1 aliphatic carbocycles. The monoisotopic (exact) mass is 470 g/mol. The molecule has 4 rings (SSSR count). The summed E-state index contributed by atoms with van der Waals surface area (Å²) in [4.78, 5) is 24.7. The summed E-state index contributed by atoms with van der Waals surface area (Å²) < 4.78 is 27.2. The van der Waals surface area contributed by atoms with Crippen molar-refractivity contribution in [2.45, 2.75) is 49.7 Å². The van der Waals surface area contributed by atoms with E-state index in [-0.39, 0.29) is 11.1 Å². The molecular weight excluding hydrogens is 444 g/mol. The van der Waals surface area contributed by atoms with Gasteiger partial charge in [-0.2, -0.15) is 0 Å². The van der Waals surface area contributed by atoms with Crippen LogP contribution >= 0.6 is 0 Å². The summed E-state index contributed by atoms with van der Waals surface area (Å²) in [6.45, 7) is 0.757. The molecular formula is C21H26O12. The Bertz CT molecular complexity index is 894. The minimum atomic E-state index is -1.80. The molecule has 12 heteroatoms. The van der Waals surface area contributed by atoms with E-state index in [4.69, 9.17) is 23.7 Å². The number of carbonyl (C=O) groups is 2. The molecule has 5 N–H and O–H groups in total. The van der Waals surface area contributed by atoms with E-state index < -0.39 is 79.1 Å². The zero-order valence-corrected chi connectivity index (χ0v) is 17.8. The average molecular weight is 470 g/mol. The van der Waals surface area contributed by atoms with Crippen LogP contribution in [0.5, 0.6) is 0 Å². The molecule has 0 aromatic heterocycles. The summed E-state index contributed by atoms with van der Waals surface area (Å²) in [5, 5.41) is 49.6. The Morgan fingerprint density at radius 2 is 1.97 bits per heavy atom. The zero-order chi connectivity index (χ0) is 24.1. The largest absolute Gasteiger partial charge is 0.471 e. The maximum Gasteiger partial charge on any atom is 0.337 e. The highest BCUT2D eigenvalue weighted by Crippen LogP contribution is 2.51. The van der Waals surface area contributed by atoms with E-state index in [1.165, 1.54) is 20.1 Å². The number of carbonyl (C=O) groups excluding carboxylic acids is 2. The van der Waals surface area contributed by atoms with Crippen molar-refractivity contribution < 1.29 is 58.8 Å². The van der Waals surface area contributed by atoms with Crippen molar-refractivity contribution in [1.82, 2.24) is 0 Å². The number of fused-ring (bicyclic) bond motifs is 2. The van der Waals surface area contributed by atoms with Gasteiger partial charge in [0.15, 0.2) is 18.2 Å². The van der Waals surface area contributed by atoms with Crippen LogP contribution in [0.15, 0.2) is 35.6 Å². The van der Waals surface area contributed by atoms with Crippen LogP contribution in [0.25, 0.3) is 0 Å². The van der Waals surface area contributed by atoms with Gasteiger partial charge in [0.05, 0.1) is 55.2 Å². The molecule has 182 valence electrons. The molecule has 0 radical (unpaired) electrons. The first-order valence-electron chi connectivity index (χ1n) is 10.4. The van der Waals surface area contributed by atoms with Gasteiger partial charge in [0.2, 0.25) is 6.29 Å². The van der Waals surface area contributed by atoms with Crippen LogP contribution in [-0.2, 0) is 33.3 Å². The van der Waals surface area contributed by atoms with Crippen LogP contribution in [0.4, 0.5) is 0 Å². The predicted molar refractivity (Wildman–Crippen MR) is 104 cm³/mol. The molecule has 10 atom stereocenters. The number of rotatable bonds is 5. The highest BCUT2D eigenvalue weighted by molar-refractivity contribution is 5.94. The molecule has 33 heavy (non-hydrogen) atoms. The van der Waals surface area contributed by atoms with Gasteiger partial charge < -0.3 is 49.2 Å². The van der Waals surface area contributed by atoms with Gasteiger partial charge in [-0.15, -0.1) is 0 Å². The van der Waals surface area contributed by atoms with Crippen molar-refractivity contribution in [1.29, 1.82) is 0 Å². The molecule has 0 unspecified atom stereocenters. The lowest BCUT2D eigenvalue weighted by molar-refractivity contribution is -0.365. The highest BCUT2D eigenvalue weighted by atomic mass is 16.8. The van der Waals surface area contributed by atoms with Crippen LogP contribution in [0.3, 0.4) is 0 Å². The molecule has 1 spiro atoms. The third-order valence-electron chi connectivity index (χ3n) is 6.39. The van der Waals surface area contributed by atoms with E-state index in [2.05, 4.69) is 0 Å². The number of methoxy groups -OCH3 is 1. The number of esters is 2. The standard InChI is InChI=1S/C21H26O12/c1-8(23)10-5-21(33-17(10)27)4-3-9-12(16(26)29-2)7-30-20(13(9)21)32-19-11(6-22)14(24)15(25)18(28)31-19/h3-5,7-9,11,13-15,18-20,22-25,28H,6H2,1-2H3/t8-,9+,11+,13+,14-,15-,18+,19-,20-,21-/m0/s1. The second kappa shape index (κ2) is 8.80. The van der Waals surface area contributed by atoms with Crippen molar-refractivity contribution in [3.63, 3.8) is 0 Å². The fourth-order valence-corrected chi connectivity index (χ4v) is 4.62. The second-order valence-electron chi connectivity index (χ2n) is 8.36. The van der Waals surface area contributed by atoms with E-state index in [0.717, 1.165) is 6.26 Å². The molecule has 0 aromatic carbocycles. The Hall–Kier alpha value is -2.32. The van der Waals surface area contributed by atoms with Crippen LogP contribution in [0, 0.1) is 17.8 Å². The first-order valence-corrected chi connectivity index (χ1v) is 10.4. The molecule has 0 bridgehead atoms. The van der Waals surface area contributed by atoms with Crippen LogP contribution in [0.2, 0.25) is 0 Å². The minimum Gasteiger partial charge on any atom is -0.471 e. The highest BCUT2D eigenvalue weighted by Gasteiger charge is 2.59. The molecule has 3 aliphatic heterocycles. The maximum atomic E-state index is 12.4. The molecule has 0 aromatic rings. The minimum absolute atomic E-state index is 0.0179. The molecule has 0 saturated carbocycles. The summed E-state index contributed by atoms with van der Waals surface area (Å²) in [5.41, 5.74) is -1.29. The van der Waals surface area contributed by atoms with Gasteiger partial charge in [-0.1, -0.05) is 6.08 Å². The van der Waals surface area contributed by atoms with Gasteiger partial charge in [-0.05, 0) is 19.1 Å². The number of ether oxygens (including phenoxy) is 5. The topological polar surface area (TPSA) is 181 Å². The number of hydrogen-bond donors (Lipinski definition) is 5. The third kappa shape index (κ3) is 3.87. The molecule has 12 nitrogen and oxygen atoms in total. The molecule has 4 aliphatic rings. The molecule has 1 saturated heterocycles. The van der Waals surface area contributed by atoms with Gasteiger partial charge in [0.25, 0.3) is 0 Å². The Labute approximate surface area is 188 Å². The first-order chi connectivity index (χ1) is 15.6. The summed E-state index contributed by atoms with van der Waals surface area (Å²) in [6, 6.07) is 0. The van der Waals surface area contributed by atoms with E-state index >= 15 is 0 Å². The van der Waals surface area contributed by atoms with Gasteiger partial charge in [0.1, 0.15) is 6.10 Å². The lowest BCUT2D eigenvalue weighted by Gasteiger charge is -2.44. The molecule has 1 fully saturated rings. The third-order valence-corrected chi connectivity index (χ3v) is 6.39. The van der Waals surface area contributed by atoms with Gasteiger partial charge in [0, 0.05) is 5.92 Å². The normalized spacial score (nSPS) is 42.8. The Morgan fingerprint density at radius 3 is 2.58 bits per heavy atom. The van der Waals surface area contributed by atoms with E-state index in [9.17, 15) is 35.1 Å². The summed E-state index contributed by atoms with van der Waals surface area (Å²) in [7, 11) is 1.20. The summed E-state index contributed by atoms with van der Waals surface area (Å²) in [6.07, 6.45) is -3.08. The number of allylic oxidation sites excluding steroid dienone is 1. The van der Waals surface area contributed by atoms with Crippen molar-refractivity contribution in [2.75, 3.05) is 13.7 Å². The van der Waals surface area contributed by atoms with Gasteiger partial charge >= 0.3 is 11.9 Å². The second-order valence-corrected chi connectivity index (χ2v) is 8.36. The van der Waals surface area contributed by atoms with Crippen molar-refractivity contribution >= 4 is 11.9 Å². The fraction of sp³-hybridized carbons (Fsp3) is 0.619. The lowest BCUT2D eigenvalue weighted by Crippen LogP contribution is -2.58. The quantitative estimate of drug-likeness (QED) is 0.217.